The lowest BCUT2D eigenvalue weighted by Gasteiger charge is -2.48. The van der Waals surface area contributed by atoms with Gasteiger partial charge in [-0.2, -0.15) is 0 Å². The molecule has 2 saturated carbocycles. The number of piperidine rings is 1. The Bertz CT molecular complexity index is 330. The molecule has 122 valence electrons. The predicted molar refractivity (Wildman–Crippen MR) is 90.5 cm³/mol. The zero-order valence-corrected chi connectivity index (χ0v) is 14.5. The van der Waals surface area contributed by atoms with Crippen LogP contribution in [0.25, 0.3) is 0 Å². The van der Waals surface area contributed by atoms with Gasteiger partial charge in [0.15, 0.2) is 0 Å². The van der Waals surface area contributed by atoms with Crippen molar-refractivity contribution in [2.24, 2.45) is 17.3 Å². The van der Waals surface area contributed by atoms with E-state index in [4.69, 9.17) is 0 Å². The van der Waals surface area contributed by atoms with Gasteiger partial charge in [-0.3, -0.25) is 4.90 Å². The molecule has 1 N–H and O–H groups in total. The summed E-state index contributed by atoms with van der Waals surface area (Å²) in [4.78, 5) is 2.85. The summed E-state index contributed by atoms with van der Waals surface area (Å²) in [6.07, 6.45) is 11.6. The van der Waals surface area contributed by atoms with Crippen LogP contribution in [-0.2, 0) is 0 Å². The summed E-state index contributed by atoms with van der Waals surface area (Å²) in [6.45, 7) is 11.3. The summed E-state index contributed by atoms with van der Waals surface area (Å²) < 4.78 is 0. The molecule has 0 aromatic rings. The fourth-order valence-corrected chi connectivity index (χ4v) is 4.81. The summed E-state index contributed by atoms with van der Waals surface area (Å²) in [6, 6.07) is 1.64. The summed E-state index contributed by atoms with van der Waals surface area (Å²) >= 11 is 0. The van der Waals surface area contributed by atoms with Gasteiger partial charge in [0.2, 0.25) is 0 Å². The summed E-state index contributed by atoms with van der Waals surface area (Å²) in [5.41, 5.74) is 0.575. The lowest BCUT2D eigenvalue weighted by molar-refractivity contribution is 0.0206. The standard InChI is InChI=1S/C19H36N2/c1-15-11-16(2)17(3)21(12-15)14-19(9-5-4-6-10-19)13-20-18-7-8-18/h15-18,20H,4-14H2,1-3H3. The van der Waals surface area contributed by atoms with E-state index >= 15 is 0 Å². The highest BCUT2D eigenvalue weighted by Crippen LogP contribution is 2.39. The fraction of sp³-hybridized carbons (Fsp3) is 1.00. The predicted octanol–water partition coefficient (Wildman–Crippen LogP) is 4.06. The third kappa shape index (κ3) is 4.01. The van der Waals surface area contributed by atoms with Crippen molar-refractivity contribution in [1.29, 1.82) is 0 Å². The second-order valence-electron chi connectivity index (χ2n) is 8.70. The number of hydrogen-bond acceptors (Lipinski definition) is 2. The Morgan fingerprint density at radius 3 is 2.43 bits per heavy atom. The van der Waals surface area contributed by atoms with E-state index in [0.29, 0.717) is 5.41 Å². The maximum absolute atomic E-state index is 3.87. The average molecular weight is 293 g/mol. The molecule has 3 unspecified atom stereocenters. The van der Waals surface area contributed by atoms with Crippen molar-refractivity contribution < 1.29 is 0 Å². The van der Waals surface area contributed by atoms with E-state index in [1.807, 2.05) is 0 Å². The van der Waals surface area contributed by atoms with Gasteiger partial charge >= 0.3 is 0 Å². The van der Waals surface area contributed by atoms with Gasteiger partial charge in [0.05, 0.1) is 0 Å². The molecule has 3 aliphatic rings. The number of hydrogen-bond donors (Lipinski definition) is 1. The van der Waals surface area contributed by atoms with Crippen molar-refractivity contribution in [3.63, 3.8) is 0 Å². The minimum atomic E-state index is 0.575. The van der Waals surface area contributed by atoms with Gasteiger partial charge in [-0.1, -0.05) is 33.1 Å². The maximum Gasteiger partial charge on any atom is 0.00930 e. The third-order valence-corrected chi connectivity index (χ3v) is 6.52. The molecular weight excluding hydrogens is 256 g/mol. The second kappa shape index (κ2) is 6.58. The highest BCUT2D eigenvalue weighted by molar-refractivity contribution is 4.94. The van der Waals surface area contributed by atoms with Crippen molar-refractivity contribution in [2.45, 2.75) is 84.2 Å². The maximum atomic E-state index is 3.87. The lowest BCUT2D eigenvalue weighted by Crippen LogP contribution is -2.53. The van der Waals surface area contributed by atoms with Gasteiger partial charge in [0.25, 0.3) is 0 Å². The van der Waals surface area contributed by atoms with Crippen LogP contribution in [0.2, 0.25) is 0 Å². The monoisotopic (exact) mass is 292 g/mol. The molecule has 0 aromatic heterocycles. The normalized spacial score (nSPS) is 37.6. The first-order valence-electron chi connectivity index (χ1n) is 9.55. The quantitative estimate of drug-likeness (QED) is 0.822. The van der Waals surface area contributed by atoms with E-state index < -0.39 is 0 Å². The largest absolute Gasteiger partial charge is 0.313 e. The van der Waals surface area contributed by atoms with Gasteiger partial charge in [-0.15, -0.1) is 0 Å². The van der Waals surface area contributed by atoms with Gasteiger partial charge in [0.1, 0.15) is 0 Å². The molecule has 0 amide bonds. The Morgan fingerprint density at radius 2 is 1.76 bits per heavy atom. The third-order valence-electron chi connectivity index (χ3n) is 6.52. The molecule has 2 heteroatoms. The first-order chi connectivity index (χ1) is 10.1. The zero-order chi connectivity index (χ0) is 14.9. The Kier molecular flexibility index (Phi) is 4.95. The van der Waals surface area contributed by atoms with Crippen molar-refractivity contribution in [3.05, 3.63) is 0 Å². The van der Waals surface area contributed by atoms with Gasteiger partial charge in [-0.05, 0) is 56.3 Å². The molecule has 0 aromatic carbocycles. The molecule has 0 spiro atoms. The first-order valence-corrected chi connectivity index (χ1v) is 9.55. The smallest absolute Gasteiger partial charge is 0.00930 e. The van der Waals surface area contributed by atoms with E-state index in [-0.39, 0.29) is 0 Å². The van der Waals surface area contributed by atoms with E-state index in [9.17, 15) is 0 Å². The van der Waals surface area contributed by atoms with Gasteiger partial charge < -0.3 is 5.32 Å². The minimum Gasteiger partial charge on any atom is -0.313 e. The molecule has 0 bridgehead atoms. The van der Waals surface area contributed by atoms with Crippen LogP contribution in [0.3, 0.4) is 0 Å². The molecule has 2 aliphatic carbocycles. The molecule has 1 heterocycles. The Balaban J connectivity index is 1.64. The van der Waals surface area contributed by atoms with E-state index in [2.05, 4.69) is 31.0 Å². The fourth-order valence-electron chi connectivity index (χ4n) is 4.81. The summed E-state index contributed by atoms with van der Waals surface area (Å²) in [5, 5.41) is 3.87. The molecule has 21 heavy (non-hydrogen) atoms. The van der Waals surface area contributed by atoms with Crippen LogP contribution in [0.5, 0.6) is 0 Å². The number of rotatable bonds is 5. The molecular formula is C19H36N2. The van der Waals surface area contributed by atoms with Crippen LogP contribution >= 0.6 is 0 Å². The second-order valence-corrected chi connectivity index (χ2v) is 8.70. The lowest BCUT2D eigenvalue weighted by atomic mass is 9.72. The van der Waals surface area contributed by atoms with Crippen LogP contribution in [0.1, 0.15) is 72.1 Å². The number of nitrogens with zero attached hydrogens (tertiary/aromatic N) is 1. The van der Waals surface area contributed by atoms with E-state index in [1.54, 1.807) is 0 Å². The Hall–Kier alpha value is -0.0800. The molecule has 1 aliphatic heterocycles. The van der Waals surface area contributed by atoms with E-state index in [1.165, 1.54) is 71.0 Å². The minimum absolute atomic E-state index is 0.575. The van der Waals surface area contributed by atoms with Crippen LogP contribution in [-0.4, -0.2) is 36.6 Å². The van der Waals surface area contributed by atoms with Crippen LogP contribution in [0.15, 0.2) is 0 Å². The van der Waals surface area contributed by atoms with Crippen LogP contribution in [0.4, 0.5) is 0 Å². The topological polar surface area (TPSA) is 15.3 Å². The van der Waals surface area contributed by atoms with Crippen LogP contribution < -0.4 is 5.32 Å². The SMILES string of the molecule is CC1CC(C)C(C)N(CC2(CNC3CC3)CCCCC2)C1. The molecule has 2 nitrogen and oxygen atoms in total. The highest BCUT2D eigenvalue weighted by Gasteiger charge is 2.39. The summed E-state index contributed by atoms with van der Waals surface area (Å²) in [5.74, 6) is 1.75. The molecule has 3 fully saturated rings. The van der Waals surface area contributed by atoms with Gasteiger partial charge in [0, 0.05) is 31.7 Å². The molecule has 3 rings (SSSR count). The molecule has 3 atom stereocenters. The van der Waals surface area contributed by atoms with Gasteiger partial charge in [-0.25, -0.2) is 0 Å². The van der Waals surface area contributed by atoms with Crippen molar-refractivity contribution in [3.8, 4) is 0 Å². The highest BCUT2D eigenvalue weighted by atomic mass is 15.2. The number of likely N-dealkylation sites (tertiary alicyclic amines) is 1. The van der Waals surface area contributed by atoms with E-state index in [0.717, 1.165) is 23.9 Å². The first kappa shape index (κ1) is 15.8. The number of nitrogens with one attached hydrogen (secondary N) is 1. The Morgan fingerprint density at radius 1 is 1.05 bits per heavy atom. The zero-order valence-electron chi connectivity index (χ0n) is 14.5. The average Bonchev–Trinajstić information content (AvgIpc) is 3.27. The van der Waals surface area contributed by atoms with Crippen molar-refractivity contribution in [2.75, 3.05) is 19.6 Å². The van der Waals surface area contributed by atoms with Crippen molar-refractivity contribution >= 4 is 0 Å². The Labute approximate surface area is 132 Å². The molecule has 1 saturated heterocycles. The summed E-state index contributed by atoms with van der Waals surface area (Å²) in [7, 11) is 0. The van der Waals surface area contributed by atoms with Crippen LogP contribution in [0, 0.1) is 17.3 Å². The van der Waals surface area contributed by atoms with Crippen molar-refractivity contribution in [1.82, 2.24) is 10.2 Å². The molecule has 0 radical (unpaired) electrons.